The van der Waals surface area contributed by atoms with E-state index in [9.17, 15) is 4.79 Å². The van der Waals surface area contributed by atoms with Gasteiger partial charge in [-0.15, -0.1) is 11.8 Å². The molecule has 0 aliphatic carbocycles. The van der Waals surface area contributed by atoms with Crippen LogP contribution in [0.15, 0.2) is 42.5 Å². The average Bonchev–Trinajstić information content (AvgIpc) is 3.10. The number of para-hydroxylation sites is 1. The number of carbonyl (C=O) groups excluding carboxylic acids is 1. The van der Waals surface area contributed by atoms with Crippen molar-refractivity contribution in [2.45, 2.75) is 12.3 Å². The second-order valence-corrected chi connectivity index (χ2v) is 6.86. The summed E-state index contributed by atoms with van der Waals surface area (Å²) in [5, 5.41) is -0.0659. The maximum absolute atomic E-state index is 12.9. The van der Waals surface area contributed by atoms with Crippen molar-refractivity contribution < 1.29 is 14.3 Å². The summed E-state index contributed by atoms with van der Waals surface area (Å²) in [5.74, 6) is 2.34. The smallest absolute Gasteiger partial charge is 0.255 e. The van der Waals surface area contributed by atoms with Gasteiger partial charge >= 0.3 is 0 Å². The predicted octanol–water partition coefficient (Wildman–Crippen LogP) is 3.90. The van der Waals surface area contributed by atoms with Gasteiger partial charge in [0, 0.05) is 23.4 Å². The molecule has 0 radical (unpaired) electrons. The summed E-state index contributed by atoms with van der Waals surface area (Å²) in [6.45, 7) is 2.74. The van der Waals surface area contributed by atoms with Gasteiger partial charge in [0.2, 0.25) is 0 Å². The van der Waals surface area contributed by atoms with Gasteiger partial charge in [0.1, 0.15) is 5.37 Å². The number of rotatable bonds is 4. The number of ether oxygens (including phenoxy) is 2. The van der Waals surface area contributed by atoms with E-state index in [1.807, 2.05) is 54.3 Å². The number of hydrogen-bond acceptors (Lipinski definition) is 4. The van der Waals surface area contributed by atoms with Crippen molar-refractivity contribution in [3.8, 4) is 11.5 Å². The monoisotopic (exact) mass is 343 g/mol. The molecule has 1 aliphatic heterocycles. The number of amides is 1. The second kappa shape index (κ2) is 7.18. The number of carbonyl (C=O) groups is 1. The Bertz CT molecular complexity index is 730. The normalized spacial score (nSPS) is 17.0. The molecule has 3 rings (SSSR count). The van der Waals surface area contributed by atoms with Crippen LogP contribution in [0.2, 0.25) is 0 Å². The summed E-state index contributed by atoms with van der Waals surface area (Å²) in [4.78, 5) is 14.8. The summed E-state index contributed by atoms with van der Waals surface area (Å²) in [7, 11) is 3.26. The van der Waals surface area contributed by atoms with Crippen molar-refractivity contribution in [3.05, 3.63) is 59.2 Å². The van der Waals surface area contributed by atoms with Crippen molar-refractivity contribution >= 4 is 17.7 Å². The summed E-state index contributed by atoms with van der Waals surface area (Å²) < 4.78 is 10.9. The molecule has 1 amide bonds. The van der Waals surface area contributed by atoms with Crippen molar-refractivity contribution in [2.75, 3.05) is 26.5 Å². The molecule has 1 saturated heterocycles. The fourth-order valence-electron chi connectivity index (χ4n) is 2.90. The minimum atomic E-state index is -0.0659. The molecule has 24 heavy (non-hydrogen) atoms. The van der Waals surface area contributed by atoms with Crippen LogP contribution in [0.3, 0.4) is 0 Å². The first-order valence-corrected chi connectivity index (χ1v) is 8.90. The van der Waals surface area contributed by atoms with Crippen molar-refractivity contribution in [3.63, 3.8) is 0 Å². The second-order valence-electron chi connectivity index (χ2n) is 5.67. The van der Waals surface area contributed by atoms with Crippen LogP contribution in [0.25, 0.3) is 0 Å². The minimum Gasteiger partial charge on any atom is -0.493 e. The van der Waals surface area contributed by atoms with E-state index < -0.39 is 0 Å². The van der Waals surface area contributed by atoms with Gasteiger partial charge in [0.05, 0.1) is 14.2 Å². The van der Waals surface area contributed by atoms with E-state index >= 15 is 0 Å². The Morgan fingerprint density at radius 2 is 1.88 bits per heavy atom. The van der Waals surface area contributed by atoms with Gasteiger partial charge in [-0.3, -0.25) is 4.79 Å². The molecule has 0 aromatic heterocycles. The highest BCUT2D eigenvalue weighted by atomic mass is 32.2. The number of methoxy groups -OCH3 is 2. The van der Waals surface area contributed by atoms with Crippen LogP contribution in [0.4, 0.5) is 0 Å². The molecule has 1 atom stereocenters. The van der Waals surface area contributed by atoms with Gasteiger partial charge in [0.15, 0.2) is 11.5 Å². The number of hydrogen-bond donors (Lipinski definition) is 0. The Hall–Kier alpha value is -2.14. The van der Waals surface area contributed by atoms with Crippen LogP contribution in [0.5, 0.6) is 11.5 Å². The Morgan fingerprint density at radius 1 is 1.12 bits per heavy atom. The zero-order chi connectivity index (χ0) is 17.1. The lowest BCUT2D eigenvalue weighted by molar-refractivity contribution is 0.0759. The highest BCUT2D eigenvalue weighted by Gasteiger charge is 2.33. The minimum absolute atomic E-state index is 0.0508. The van der Waals surface area contributed by atoms with E-state index in [4.69, 9.17) is 9.47 Å². The fraction of sp³-hybridized carbons (Fsp3) is 0.316. The standard InChI is InChI=1S/C19H21NO3S/c1-13-7-9-14(10-8-13)18(21)20-11-12-24-19(20)15-5-4-6-16(22-2)17(15)23-3/h4-10,19H,11-12H2,1-3H3/t19-/m0/s1. The Labute approximate surface area is 146 Å². The lowest BCUT2D eigenvalue weighted by atomic mass is 10.1. The zero-order valence-corrected chi connectivity index (χ0v) is 14.9. The first-order valence-electron chi connectivity index (χ1n) is 7.86. The molecule has 4 nitrogen and oxygen atoms in total. The molecule has 0 N–H and O–H groups in total. The molecule has 0 saturated carbocycles. The fourth-order valence-corrected chi connectivity index (χ4v) is 4.18. The Balaban J connectivity index is 1.94. The largest absolute Gasteiger partial charge is 0.493 e. The van der Waals surface area contributed by atoms with E-state index in [0.29, 0.717) is 11.5 Å². The molecule has 2 aromatic rings. The molecule has 2 aromatic carbocycles. The van der Waals surface area contributed by atoms with E-state index in [1.54, 1.807) is 26.0 Å². The molecule has 1 aliphatic rings. The predicted molar refractivity (Wildman–Crippen MR) is 97.0 cm³/mol. The maximum Gasteiger partial charge on any atom is 0.255 e. The van der Waals surface area contributed by atoms with E-state index in [2.05, 4.69) is 0 Å². The van der Waals surface area contributed by atoms with Gasteiger partial charge in [-0.1, -0.05) is 29.8 Å². The van der Waals surface area contributed by atoms with Crippen LogP contribution in [-0.4, -0.2) is 37.3 Å². The summed E-state index contributed by atoms with van der Waals surface area (Å²) >= 11 is 1.75. The number of nitrogens with zero attached hydrogens (tertiary/aromatic N) is 1. The third kappa shape index (κ3) is 3.08. The van der Waals surface area contributed by atoms with Crippen LogP contribution < -0.4 is 9.47 Å². The molecule has 126 valence electrons. The molecule has 5 heteroatoms. The molecular formula is C19H21NO3S. The van der Waals surface area contributed by atoms with Crippen LogP contribution in [0, 0.1) is 6.92 Å². The lowest BCUT2D eigenvalue weighted by Crippen LogP contribution is -2.30. The Kier molecular flexibility index (Phi) is 5.00. The molecule has 0 spiro atoms. The van der Waals surface area contributed by atoms with Gasteiger partial charge in [-0.25, -0.2) is 0 Å². The quantitative estimate of drug-likeness (QED) is 0.844. The maximum atomic E-state index is 12.9. The Morgan fingerprint density at radius 3 is 2.54 bits per heavy atom. The topological polar surface area (TPSA) is 38.8 Å². The molecule has 0 unspecified atom stereocenters. The first-order chi connectivity index (χ1) is 11.7. The molecule has 1 fully saturated rings. The molecule has 1 heterocycles. The van der Waals surface area contributed by atoms with Gasteiger partial charge < -0.3 is 14.4 Å². The average molecular weight is 343 g/mol. The number of aryl methyl sites for hydroxylation is 1. The van der Waals surface area contributed by atoms with Crippen molar-refractivity contribution in [1.82, 2.24) is 4.90 Å². The number of thioether (sulfide) groups is 1. The summed E-state index contributed by atoms with van der Waals surface area (Å²) in [6, 6.07) is 13.5. The highest BCUT2D eigenvalue weighted by Crippen LogP contribution is 2.45. The van der Waals surface area contributed by atoms with Crippen LogP contribution in [-0.2, 0) is 0 Å². The highest BCUT2D eigenvalue weighted by molar-refractivity contribution is 7.99. The van der Waals surface area contributed by atoms with E-state index in [-0.39, 0.29) is 11.3 Å². The van der Waals surface area contributed by atoms with Crippen molar-refractivity contribution in [1.29, 1.82) is 0 Å². The van der Waals surface area contributed by atoms with Crippen molar-refractivity contribution in [2.24, 2.45) is 0 Å². The van der Waals surface area contributed by atoms with Gasteiger partial charge in [-0.05, 0) is 25.1 Å². The van der Waals surface area contributed by atoms with Crippen LogP contribution >= 0.6 is 11.8 Å². The van der Waals surface area contributed by atoms with Gasteiger partial charge in [0.25, 0.3) is 5.91 Å². The summed E-state index contributed by atoms with van der Waals surface area (Å²) in [6.07, 6.45) is 0. The van der Waals surface area contributed by atoms with Crippen LogP contribution in [0.1, 0.15) is 26.9 Å². The summed E-state index contributed by atoms with van der Waals surface area (Å²) in [5.41, 5.74) is 2.84. The van der Waals surface area contributed by atoms with E-state index in [1.165, 1.54) is 0 Å². The molecule has 0 bridgehead atoms. The SMILES string of the molecule is COc1cccc([C@@H]2SCCN2C(=O)c2ccc(C)cc2)c1OC. The third-order valence-corrected chi connectivity index (χ3v) is 5.39. The zero-order valence-electron chi connectivity index (χ0n) is 14.1. The van der Waals surface area contributed by atoms with E-state index in [0.717, 1.165) is 29.0 Å². The lowest BCUT2D eigenvalue weighted by Gasteiger charge is -2.26. The first kappa shape index (κ1) is 16.7. The third-order valence-electron chi connectivity index (χ3n) is 4.15. The number of benzene rings is 2. The van der Waals surface area contributed by atoms with Gasteiger partial charge in [-0.2, -0.15) is 0 Å². The molecular weight excluding hydrogens is 322 g/mol.